The average molecular weight is 231 g/mol. The van der Waals surface area contributed by atoms with Crippen molar-refractivity contribution in [3.05, 3.63) is 35.9 Å². The van der Waals surface area contributed by atoms with Crippen LogP contribution < -0.4 is 5.73 Å². The first-order valence-corrected chi connectivity index (χ1v) is 7.07. The van der Waals surface area contributed by atoms with Gasteiger partial charge in [-0.15, -0.1) is 0 Å². The van der Waals surface area contributed by atoms with E-state index in [-0.39, 0.29) is 0 Å². The summed E-state index contributed by atoms with van der Waals surface area (Å²) >= 11 is 0. The summed E-state index contributed by atoms with van der Waals surface area (Å²) in [4.78, 5) is 0. The van der Waals surface area contributed by atoms with Crippen LogP contribution in [-0.4, -0.2) is 6.04 Å². The second-order valence-electron chi connectivity index (χ2n) is 5.64. The highest BCUT2D eigenvalue weighted by atomic mass is 14.7. The topological polar surface area (TPSA) is 26.0 Å². The molecule has 1 heteroatoms. The Bertz CT molecular complexity index is 314. The third kappa shape index (κ3) is 3.57. The van der Waals surface area contributed by atoms with Crippen molar-refractivity contribution in [1.29, 1.82) is 0 Å². The Morgan fingerprint density at radius 2 is 1.76 bits per heavy atom. The second kappa shape index (κ2) is 6.20. The van der Waals surface area contributed by atoms with E-state index < -0.39 is 0 Å². The molecule has 0 unspecified atom stereocenters. The first kappa shape index (κ1) is 12.6. The van der Waals surface area contributed by atoms with Crippen molar-refractivity contribution in [1.82, 2.24) is 0 Å². The number of rotatable bonds is 4. The molecule has 2 rings (SSSR count). The third-order valence-electron chi connectivity index (χ3n) is 4.25. The van der Waals surface area contributed by atoms with E-state index in [1.807, 2.05) is 0 Å². The molecule has 2 atom stereocenters. The quantitative estimate of drug-likeness (QED) is 0.838. The van der Waals surface area contributed by atoms with Gasteiger partial charge in [0.2, 0.25) is 0 Å². The zero-order valence-corrected chi connectivity index (χ0v) is 10.9. The van der Waals surface area contributed by atoms with E-state index in [0.717, 1.165) is 12.3 Å². The fourth-order valence-electron chi connectivity index (χ4n) is 3.11. The van der Waals surface area contributed by atoms with E-state index in [2.05, 4.69) is 37.3 Å². The summed E-state index contributed by atoms with van der Waals surface area (Å²) in [5.74, 6) is 1.36. The van der Waals surface area contributed by atoms with Gasteiger partial charge in [-0.3, -0.25) is 0 Å². The number of hydrogen-bond donors (Lipinski definition) is 1. The Balaban J connectivity index is 1.88. The Morgan fingerprint density at radius 3 is 2.41 bits per heavy atom. The van der Waals surface area contributed by atoms with Gasteiger partial charge in [-0.2, -0.15) is 0 Å². The summed E-state index contributed by atoms with van der Waals surface area (Å²) in [6.07, 6.45) is 8.00. The van der Waals surface area contributed by atoms with Crippen LogP contribution in [0.5, 0.6) is 0 Å². The van der Waals surface area contributed by atoms with Crippen molar-refractivity contribution >= 4 is 0 Å². The lowest BCUT2D eigenvalue weighted by atomic mass is 9.78. The van der Waals surface area contributed by atoms with E-state index in [9.17, 15) is 0 Å². The van der Waals surface area contributed by atoms with Crippen molar-refractivity contribution in [2.75, 3.05) is 0 Å². The van der Waals surface area contributed by atoms with Gasteiger partial charge in [0.05, 0.1) is 0 Å². The lowest BCUT2D eigenvalue weighted by molar-refractivity contribution is 0.252. The highest BCUT2D eigenvalue weighted by Gasteiger charge is 2.24. The fraction of sp³-hybridized carbons (Fsp3) is 0.625. The van der Waals surface area contributed by atoms with E-state index in [1.165, 1.54) is 37.7 Å². The first-order chi connectivity index (χ1) is 8.27. The monoisotopic (exact) mass is 231 g/mol. The molecule has 1 aliphatic carbocycles. The molecule has 0 radical (unpaired) electrons. The molecule has 1 aromatic carbocycles. The number of benzene rings is 1. The van der Waals surface area contributed by atoms with Crippen LogP contribution in [0.15, 0.2) is 30.3 Å². The molecule has 0 spiro atoms. The molecular formula is C16H25N. The predicted octanol–water partition coefficient (Wildman–Crippen LogP) is 3.77. The highest BCUT2D eigenvalue weighted by Crippen LogP contribution is 2.29. The molecule has 1 nitrogen and oxygen atoms in total. The molecular weight excluding hydrogens is 206 g/mol. The van der Waals surface area contributed by atoms with E-state index in [1.54, 1.807) is 0 Å². The zero-order valence-electron chi connectivity index (χ0n) is 10.9. The standard InChI is InChI=1S/C16H25N/c1-13(12-14-8-4-2-5-9-14)16(17)15-10-6-3-7-11-15/h2,4-5,8-9,13,15-16H,3,6-7,10-12,17H2,1H3/t13-,16+/m0/s1. The maximum atomic E-state index is 6.44. The minimum absolute atomic E-state index is 0.385. The van der Waals surface area contributed by atoms with Crippen molar-refractivity contribution in [2.24, 2.45) is 17.6 Å². The van der Waals surface area contributed by atoms with Crippen LogP contribution in [0.2, 0.25) is 0 Å². The van der Waals surface area contributed by atoms with Gasteiger partial charge in [0.25, 0.3) is 0 Å². The zero-order chi connectivity index (χ0) is 12.1. The molecule has 1 aromatic rings. The van der Waals surface area contributed by atoms with Crippen LogP contribution in [0.3, 0.4) is 0 Å². The fourth-order valence-corrected chi connectivity index (χ4v) is 3.11. The summed E-state index contributed by atoms with van der Waals surface area (Å²) in [6, 6.07) is 11.1. The molecule has 0 amide bonds. The van der Waals surface area contributed by atoms with E-state index in [0.29, 0.717) is 12.0 Å². The van der Waals surface area contributed by atoms with Gasteiger partial charge in [0, 0.05) is 6.04 Å². The maximum Gasteiger partial charge on any atom is 0.00961 e. The molecule has 0 aliphatic heterocycles. The first-order valence-electron chi connectivity index (χ1n) is 7.07. The minimum Gasteiger partial charge on any atom is -0.327 e. The van der Waals surface area contributed by atoms with Crippen molar-refractivity contribution in [3.8, 4) is 0 Å². The highest BCUT2D eigenvalue weighted by molar-refractivity contribution is 5.15. The summed E-state index contributed by atoms with van der Waals surface area (Å²) in [7, 11) is 0. The molecule has 2 N–H and O–H groups in total. The summed E-state index contributed by atoms with van der Waals surface area (Å²) in [5.41, 5.74) is 7.86. The van der Waals surface area contributed by atoms with Gasteiger partial charge in [0.15, 0.2) is 0 Å². The van der Waals surface area contributed by atoms with Gasteiger partial charge in [-0.05, 0) is 36.7 Å². The number of nitrogens with two attached hydrogens (primary N) is 1. The molecule has 0 aromatic heterocycles. The van der Waals surface area contributed by atoms with E-state index in [4.69, 9.17) is 5.73 Å². The van der Waals surface area contributed by atoms with Gasteiger partial charge in [-0.25, -0.2) is 0 Å². The van der Waals surface area contributed by atoms with Crippen LogP contribution in [0.4, 0.5) is 0 Å². The normalized spacial score (nSPS) is 21.1. The Hall–Kier alpha value is -0.820. The minimum atomic E-state index is 0.385. The number of hydrogen-bond acceptors (Lipinski definition) is 1. The Kier molecular flexibility index (Phi) is 4.61. The molecule has 1 saturated carbocycles. The predicted molar refractivity (Wildman–Crippen MR) is 73.9 cm³/mol. The largest absolute Gasteiger partial charge is 0.327 e. The summed E-state index contributed by atoms with van der Waals surface area (Å²) in [5, 5.41) is 0. The molecule has 0 heterocycles. The van der Waals surface area contributed by atoms with Crippen molar-refractivity contribution in [2.45, 2.75) is 51.5 Å². The smallest absolute Gasteiger partial charge is 0.00961 e. The molecule has 1 fully saturated rings. The van der Waals surface area contributed by atoms with Gasteiger partial charge < -0.3 is 5.73 Å². The van der Waals surface area contributed by atoms with Gasteiger partial charge in [0.1, 0.15) is 0 Å². The molecule has 0 bridgehead atoms. The summed E-state index contributed by atoms with van der Waals surface area (Å²) < 4.78 is 0. The lowest BCUT2D eigenvalue weighted by Crippen LogP contribution is -2.38. The molecule has 1 aliphatic rings. The molecule has 0 saturated heterocycles. The second-order valence-corrected chi connectivity index (χ2v) is 5.64. The Morgan fingerprint density at radius 1 is 1.12 bits per heavy atom. The van der Waals surface area contributed by atoms with E-state index >= 15 is 0 Å². The van der Waals surface area contributed by atoms with Crippen LogP contribution >= 0.6 is 0 Å². The van der Waals surface area contributed by atoms with Crippen LogP contribution in [0, 0.1) is 11.8 Å². The SMILES string of the molecule is C[C@@H](Cc1ccccc1)[C@@H](N)C1CCCCC1. The molecule has 94 valence electrons. The molecule has 17 heavy (non-hydrogen) atoms. The van der Waals surface area contributed by atoms with Crippen LogP contribution in [0.25, 0.3) is 0 Å². The lowest BCUT2D eigenvalue weighted by Gasteiger charge is -2.31. The van der Waals surface area contributed by atoms with Crippen LogP contribution in [-0.2, 0) is 6.42 Å². The Labute approximate surface area is 105 Å². The summed E-state index contributed by atoms with van der Waals surface area (Å²) in [6.45, 7) is 2.31. The third-order valence-corrected chi connectivity index (χ3v) is 4.25. The van der Waals surface area contributed by atoms with Crippen LogP contribution in [0.1, 0.15) is 44.6 Å². The van der Waals surface area contributed by atoms with Crippen molar-refractivity contribution < 1.29 is 0 Å². The van der Waals surface area contributed by atoms with Crippen molar-refractivity contribution in [3.63, 3.8) is 0 Å². The van der Waals surface area contributed by atoms with Gasteiger partial charge >= 0.3 is 0 Å². The van der Waals surface area contributed by atoms with Gasteiger partial charge in [-0.1, -0.05) is 56.5 Å². The average Bonchev–Trinajstić information content (AvgIpc) is 2.40. The maximum absolute atomic E-state index is 6.44.